The lowest BCUT2D eigenvalue weighted by molar-refractivity contribution is 0.310. The molecule has 3 N–H and O–H groups in total. The molecule has 4 aromatic rings. The van der Waals surface area contributed by atoms with Crippen molar-refractivity contribution >= 4 is 16.9 Å². The van der Waals surface area contributed by atoms with Gasteiger partial charge in [-0.1, -0.05) is 6.92 Å². The van der Waals surface area contributed by atoms with Gasteiger partial charge in [-0.25, -0.2) is 9.61 Å². The normalized spacial score (nSPS) is 19.1. The van der Waals surface area contributed by atoms with Crippen molar-refractivity contribution in [3.63, 3.8) is 0 Å². The molecule has 1 saturated carbocycles. The fraction of sp³-hybridized carbons (Fsp3) is 0.222. The fourth-order valence-corrected chi connectivity index (χ4v) is 3.31. The molecular weight excluding hydrogens is 332 g/mol. The van der Waals surface area contributed by atoms with Crippen LogP contribution in [0.3, 0.4) is 0 Å². The highest BCUT2D eigenvalue weighted by Crippen LogP contribution is 2.46. The van der Waals surface area contributed by atoms with Gasteiger partial charge in [0.05, 0.1) is 11.7 Å². The number of aromatic hydroxyl groups is 1. The minimum Gasteiger partial charge on any atom is -0.508 e. The maximum absolute atomic E-state index is 9.63. The van der Waals surface area contributed by atoms with Crippen LogP contribution in [-0.2, 0) is 0 Å². The van der Waals surface area contributed by atoms with E-state index in [1.54, 1.807) is 18.3 Å². The maximum Gasteiger partial charge on any atom is 0.199 e. The molecule has 0 spiro atoms. The molecule has 1 aliphatic carbocycles. The van der Waals surface area contributed by atoms with E-state index in [0.717, 1.165) is 28.8 Å². The zero-order valence-electron chi connectivity index (χ0n) is 14.0. The minimum atomic E-state index is 0.171. The summed E-state index contributed by atoms with van der Waals surface area (Å²) in [4.78, 5) is 9.23. The second-order valence-corrected chi connectivity index (χ2v) is 6.70. The van der Waals surface area contributed by atoms with E-state index in [1.807, 2.05) is 16.7 Å². The fourth-order valence-electron chi connectivity index (χ4n) is 3.31. The van der Waals surface area contributed by atoms with Crippen LogP contribution in [0.4, 0.5) is 5.82 Å². The number of aromatic nitrogens is 5. The third kappa shape index (κ3) is 2.22. The van der Waals surface area contributed by atoms with E-state index in [2.05, 4.69) is 33.3 Å². The van der Waals surface area contributed by atoms with Crippen LogP contribution < -0.4 is 5.73 Å². The van der Waals surface area contributed by atoms with E-state index >= 15 is 0 Å². The first-order valence-electron chi connectivity index (χ1n) is 8.38. The van der Waals surface area contributed by atoms with Gasteiger partial charge in [-0.2, -0.15) is 0 Å². The first-order valence-corrected chi connectivity index (χ1v) is 8.38. The van der Waals surface area contributed by atoms with Crippen LogP contribution in [0.5, 0.6) is 5.75 Å². The standard InChI is InChI=1S/C18H16N6O2/c1-9-6-12(9)13-7-15-14(8-20-13)21-18(16-17(19)23-26-22-16)24(15)10-2-4-11(25)5-3-10/h2-5,7-9,12,25H,6H2,1H3,(H2,19,23)/t9?,12-/m0/s1. The summed E-state index contributed by atoms with van der Waals surface area (Å²) in [6, 6.07) is 8.93. The van der Waals surface area contributed by atoms with Crippen LogP contribution in [0.15, 0.2) is 41.2 Å². The molecule has 0 bridgehead atoms. The number of nitrogens with zero attached hydrogens (tertiary/aromatic N) is 5. The van der Waals surface area contributed by atoms with Gasteiger partial charge in [-0.15, -0.1) is 0 Å². The van der Waals surface area contributed by atoms with Gasteiger partial charge in [-0.3, -0.25) is 9.55 Å². The lowest BCUT2D eigenvalue weighted by atomic mass is 10.2. The van der Waals surface area contributed by atoms with Gasteiger partial charge in [0.15, 0.2) is 17.3 Å². The molecule has 0 amide bonds. The number of hydrogen-bond donors (Lipinski definition) is 2. The molecule has 1 unspecified atom stereocenters. The number of pyridine rings is 1. The van der Waals surface area contributed by atoms with Crippen molar-refractivity contribution in [1.29, 1.82) is 0 Å². The van der Waals surface area contributed by atoms with Crippen LogP contribution >= 0.6 is 0 Å². The molecule has 26 heavy (non-hydrogen) atoms. The molecule has 0 saturated heterocycles. The Morgan fingerprint density at radius 1 is 1.23 bits per heavy atom. The van der Waals surface area contributed by atoms with Crippen LogP contribution in [0.2, 0.25) is 0 Å². The van der Waals surface area contributed by atoms with Crippen molar-refractivity contribution in [1.82, 2.24) is 24.8 Å². The van der Waals surface area contributed by atoms with Crippen molar-refractivity contribution in [2.45, 2.75) is 19.3 Å². The number of benzene rings is 1. The largest absolute Gasteiger partial charge is 0.508 e. The lowest BCUT2D eigenvalue weighted by Crippen LogP contribution is -2.00. The quantitative estimate of drug-likeness (QED) is 0.585. The Bertz CT molecular complexity index is 1110. The smallest absolute Gasteiger partial charge is 0.199 e. The maximum atomic E-state index is 9.63. The van der Waals surface area contributed by atoms with Gasteiger partial charge in [0.2, 0.25) is 0 Å². The van der Waals surface area contributed by atoms with E-state index in [9.17, 15) is 5.11 Å². The number of hydrogen-bond acceptors (Lipinski definition) is 7. The Hall–Kier alpha value is -3.42. The summed E-state index contributed by atoms with van der Waals surface area (Å²) < 4.78 is 6.69. The number of nitrogen functional groups attached to an aromatic ring is 1. The average Bonchev–Trinajstić information content (AvgIpc) is 3.04. The molecule has 3 aromatic heterocycles. The molecule has 1 aliphatic rings. The van der Waals surface area contributed by atoms with Crippen molar-refractivity contribution < 1.29 is 9.74 Å². The highest BCUT2D eigenvalue weighted by molar-refractivity contribution is 5.84. The molecular formula is C18H16N6O2. The zero-order chi connectivity index (χ0) is 17.8. The summed E-state index contributed by atoms with van der Waals surface area (Å²) in [5.41, 5.74) is 9.78. The number of phenols is 1. The van der Waals surface area contributed by atoms with Gasteiger partial charge in [0, 0.05) is 17.3 Å². The Balaban J connectivity index is 1.79. The predicted molar refractivity (Wildman–Crippen MR) is 94.8 cm³/mol. The van der Waals surface area contributed by atoms with E-state index in [4.69, 9.17) is 10.4 Å². The second-order valence-electron chi connectivity index (χ2n) is 6.70. The van der Waals surface area contributed by atoms with Gasteiger partial charge < -0.3 is 10.8 Å². The first kappa shape index (κ1) is 14.9. The molecule has 0 aliphatic heterocycles. The summed E-state index contributed by atoms with van der Waals surface area (Å²) in [5, 5.41) is 17.2. The Morgan fingerprint density at radius 2 is 2.00 bits per heavy atom. The Kier molecular flexibility index (Phi) is 3.03. The number of anilines is 1. The number of fused-ring (bicyclic) bond motifs is 1. The summed E-state index contributed by atoms with van der Waals surface area (Å²) in [7, 11) is 0. The van der Waals surface area contributed by atoms with E-state index in [-0.39, 0.29) is 11.6 Å². The van der Waals surface area contributed by atoms with Gasteiger partial charge in [-0.05, 0) is 53.0 Å². The van der Waals surface area contributed by atoms with Crippen LogP contribution in [-0.4, -0.2) is 30.0 Å². The third-order valence-corrected chi connectivity index (χ3v) is 4.88. The molecule has 1 fully saturated rings. The highest BCUT2D eigenvalue weighted by Gasteiger charge is 2.35. The summed E-state index contributed by atoms with van der Waals surface area (Å²) in [6.45, 7) is 2.22. The topological polar surface area (TPSA) is 116 Å². The van der Waals surface area contributed by atoms with Crippen molar-refractivity contribution in [3.8, 4) is 23.0 Å². The highest BCUT2D eigenvalue weighted by atomic mass is 16.6. The van der Waals surface area contributed by atoms with E-state index in [1.165, 1.54) is 0 Å². The molecule has 1 aromatic carbocycles. The number of phenolic OH excluding ortho intramolecular Hbond substituents is 1. The van der Waals surface area contributed by atoms with Gasteiger partial charge in [0.1, 0.15) is 11.3 Å². The number of nitrogens with two attached hydrogens (primary N) is 1. The van der Waals surface area contributed by atoms with Gasteiger partial charge in [0.25, 0.3) is 0 Å². The van der Waals surface area contributed by atoms with Gasteiger partial charge >= 0.3 is 0 Å². The van der Waals surface area contributed by atoms with Crippen molar-refractivity contribution in [2.24, 2.45) is 5.92 Å². The predicted octanol–water partition coefficient (Wildman–Crippen LogP) is 2.88. The van der Waals surface area contributed by atoms with Crippen molar-refractivity contribution in [3.05, 3.63) is 42.2 Å². The van der Waals surface area contributed by atoms with E-state index in [0.29, 0.717) is 23.4 Å². The van der Waals surface area contributed by atoms with E-state index < -0.39 is 0 Å². The molecule has 8 nitrogen and oxygen atoms in total. The molecule has 5 rings (SSSR count). The SMILES string of the molecule is CC1C[C@@H]1c1cc2c(cn1)nc(-c1nonc1N)n2-c1ccc(O)cc1. The molecule has 8 heteroatoms. The monoisotopic (exact) mass is 348 g/mol. The van der Waals surface area contributed by atoms with Crippen LogP contribution in [0.1, 0.15) is 25.0 Å². The lowest BCUT2D eigenvalue weighted by Gasteiger charge is -2.08. The number of imidazole rings is 1. The van der Waals surface area contributed by atoms with Crippen LogP contribution in [0, 0.1) is 5.92 Å². The molecule has 130 valence electrons. The molecule has 3 heterocycles. The zero-order valence-corrected chi connectivity index (χ0v) is 14.0. The minimum absolute atomic E-state index is 0.171. The Morgan fingerprint density at radius 3 is 2.65 bits per heavy atom. The summed E-state index contributed by atoms with van der Waals surface area (Å²) >= 11 is 0. The molecule has 2 atom stereocenters. The average molecular weight is 348 g/mol. The summed E-state index contributed by atoms with van der Waals surface area (Å²) in [5.74, 6) is 2.03. The molecule has 0 radical (unpaired) electrons. The second kappa shape index (κ2) is 5.29. The van der Waals surface area contributed by atoms with Crippen LogP contribution in [0.25, 0.3) is 28.2 Å². The summed E-state index contributed by atoms with van der Waals surface area (Å²) in [6.07, 6.45) is 2.93. The Labute approximate surface area is 148 Å². The third-order valence-electron chi connectivity index (χ3n) is 4.88. The first-order chi connectivity index (χ1) is 12.6. The van der Waals surface area contributed by atoms with Crippen molar-refractivity contribution in [2.75, 3.05) is 5.73 Å². The number of rotatable bonds is 3.